The summed E-state index contributed by atoms with van der Waals surface area (Å²) < 4.78 is 33.9. The smallest absolute Gasteiger partial charge is 0.264 e. The van der Waals surface area contributed by atoms with Crippen LogP contribution in [0, 0.1) is 26.7 Å². The third kappa shape index (κ3) is 6.66. The highest BCUT2D eigenvalue weighted by atomic mass is 32.2. The second kappa shape index (κ2) is 11.6. The molecule has 3 aromatic carbocycles. The first-order valence-corrected chi connectivity index (χ1v) is 13.5. The van der Waals surface area contributed by atoms with E-state index in [-0.39, 0.29) is 23.4 Å². The van der Waals surface area contributed by atoms with Gasteiger partial charge in [0.2, 0.25) is 5.91 Å². The van der Waals surface area contributed by atoms with Crippen LogP contribution < -0.4 is 14.4 Å². The summed E-state index contributed by atoms with van der Waals surface area (Å²) >= 11 is 0. The zero-order valence-electron chi connectivity index (χ0n) is 21.9. The van der Waals surface area contributed by atoms with Gasteiger partial charge in [-0.1, -0.05) is 49.7 Å². The summed E-state index contributed by atoms with van der Waals surface area (Å²) in [5, 5.41) is 3.08. The standard InChI is InChI=1S/C29H36N2O4S/c1-20(2)17-28(24-10-13-26(35-6)14-11-24)30-29(32)19-31(25-12-9-22(4)23(5)18-25)36(33,34)27-15-7-21(3)8-16-27/h7-16,18,20,28H,17,19H2,1-6H3,(H,30,32)/t28-/m0/s1. The molecule has 3 aromatic rings. The number of carbonyl (C=O) groups excluding carboxylic acids is 1. The van der Waals surface area contributed by atoms with Crippen molar-refractivity contribution in [3.05, 3.63) is 89.0 Å². The van der Waals surface area contributed by atoms with Gasteiger partial charge in [-0.05, 0) is 86.2 Å². The maximum Gasteiger partial charge on any atom is 0.264 e. The van der Waals surface area contributed by atoms with Gasteiger partial charge < -0.3 is 10.1 Å². The van der Waals surface area contributed by atoms with E-state index in [0.717, 1.165) is 28.0 Å². The predicted molar refractivity (Wildman–Crippen MR) is 145 cm³/mol. The molecule has 0 spiro atoms. The van der Waals surface area contributed by atoms with E-state index in [9.17, 15) is 13.2 Å². The molecule has 0 unspecified atom stereocenters. The first-order chi connectivity index (χ1) is 17.0. The molecule has 0 aromatic heterocycles. The van der Waals surface area contributed by atoms with Crippen molar-refractivity contribution in [3.63, 3.8) is 0 Å². The normalized spacial score (nSPS) is 12.3. The molecule has 192 valence electrons. The fraction of sp³-hybridized carbons (Fsp3) is 0.345. The number of sulfonamides is 1. The molecule has 0 aliphatic heterocycles. The van der Waals surface area contributed by atoms with Crippen LogP contribution in [0.5, 0.6) is 5.75 Å². The fourth-order valence-electron chi connectivity index (χ4n) is 3.99. The Morgan fingerprint density at radius 3 is 2.11 bits per heavy atom. The number of rotatable bonds is 10. The summed E-state index contributed by atoms with van der Waals surface area (Å²) in [6, 6.07) is 19.4. The van der Waals surface area contributed by atoms with Crippen molar-refractivity contribution in [3.8, 4) is 5.75 Å². The number of anilines is 1. The summed E-state index contributed by atoms with van der Waals surface area (Å²) in [5.74, 6) is 0.688. The van der Waals surface area contributed by atoms with Gasteiger partial charge in [-0.2, -0.15) is 0 Å². The first kappa shape index (κ1) is 27.3. The topological polar surface area (TPSA) is 75.7 Å². The second-order valence-corrected chi connectivity index (χ2v) is 11.5. The molecule has 0 saturated carbocycles. The molecule has 36 heavy (non-hydrogen) atoms. The molecule has 0 fully saturated rings. The lowest BCUT2D eigenvalue weighted by Crippen LogP contribution is -2.42. The Morgan fingerprint density at radius 1 is 0.917 bits per heavy atom. The lowest BCUT2D eigenvalue weighted by atomic mass is 9.97. The number of hydrogen-bond donors (Lipinski definition) is 1. The van der Waals surface area contributed by atoms with E-state index < -0.39 is 10.0 Å². The van der Waals surface area contributed by atoms with Gasteiger partial charge in [0.05, 0.1) is 23.7 Å². The van der Waals surface area contributed by atoms with Crippen LogP contribution in [0.4, 0.5) is 5.69 Å². The van der Waals surface area contributed by atoms with E-state index in [1.165, 1.54) is 4.31 Å². The fourth-order valence-corrected chi connectivity index (χ4v) is 5.40. The highest BCUT2D eigenvalue weighted by molar-refractivity contribution is 7.92. The Kier molecular flexibility index (Phi) is 8.79. The molecule has 0 aliphatic carbocycles. The molecule has 0 radical (unpaired) electrons. The maximum atomic E-state index is 13.7. The van der Waals surface area contributed by atoms with Gasteiger partial charge in [0.1, 0.15) is 12.3 Å². The lowest BCUT2D eigenvalue weighted by molar-refractivity contribution is -0.120. The van der Waals surface area contributed by atoms with E-state index >= 15 is 0 Å². The molecule has 0 aliphatic rings. The van der Waals surface area contributed by atoms with Crippen LogP contribution >= 0.6 is 0 Å². The zero-order valence-corrected chi connectivity index (χ0v) is 22.7. The van der Waals surface area contributed by atoms with Gasteiger partial charge >= 0.3 is 0 Å². The summed E-state index contributed by atoms with van der Waals surface area (Å²) in [7, 11) is -2.36. The van der Waals surface area contributed by atoms with Crippen molar-refractivity contribution < 1.29 is 17.9 Å². The molecule has 7 heteroatoms. The molecule has 3 rings (SSSR count). The molecule has 0 bridgehead atoms. The summed E-state index contributed by atoms with van der Waals surface area (Å²) in [5.41, 5.74) is 4.36. The van der Waals surface area contributed by atoms with Gasteiger partial charge in [0, 0.05) is 0 Å². The minimum atomic E-state index is -3.97. The van der Waals surface area contributed by atoms with Crippen molar-refractivity contribution in [2.45, 2.75) is 52.0 Å². The quantitative estimate of drug-likeness (QED) is 0.380. The number of hydrogen-bond acceptors (Lipinski definition) is 4. The average molecular weight is 509 g/mol. The highest BCUT2D eigenvalue weighted by Gasteiger charge is 2.28. The van der Waals surface area contributed by atoms with Crippen molar-refractivity contribution in [1.82, 2.24) is 5.32 Å². The predicted octanol–water partition coefficient (Wildman–Crippen LogP) is 5.72. The number of amides is 1. The van der Waals surface area contributed by atoms with E-state index in [2.05, 4.69) is 19.2 Å². The van der Waals surface area contributed by atoms with Crippen molar-refractivity contribution >= 4 is 21.6 Å². The molecule has 0 saturated heterocycles. The van der Waals surface area contributed by atoms with Gasteiger partial charge in [-0.25, -0.2) is 8.42 Å². The van der Waals surface area contributed by atoms with Gasteiger partial charge in [0.15, 0.2) is 0 Å². The van der Waals surface area contributed by atoms with Crippen LogP contribution in [-0.2, 0) is 14.8 Å². The van der Waals surface area contributed by atoms with Crippen LogP contribution in [0.3, 0.4) is 0 Å². The number of aryl methyl sites for hydroxylation is 3. The third-order valence-electron chi connectivity index (χ3n) is 6.24. The Morgan fingerprint density at radius 2 is 1.56 bits per heavy atom. The Labute approximate surface area is 215 Å². The van der Waals surface area contributed by atoms with Gasteiger partial charge in [-0.3, -0.25) is 9.10 Å². The number of benzene rings is 3. The number of nitrogens with one attached hydrogen (secondary N) is 1. The number of ether oxygens (including phenoxy) is 1. The SMILES string of the molecule is COc1ccc([C@H](CC(C)C)NC(=O)CN(c2ccc(C)c(C)c2)S(=O)(=O)c2ccc(C)cc2)cc1. The van der Waals surface area contributed by atoms with E-state index in [4.69, 9.17) is 4.74 Å². The molecular weight excluding hydrogens is 472 g/mol. The van der Waals surface area contributed by atoms with E-state index in [1.54, 1.807) is 37.4 Å². The van der Waals surface area contributed by atoms with Crippen molar-refractivity contribution in [2.24, 2.45) is 5.92 Å². The Balaban J connectivity index is 1.94. The molecule has 1 N–H and O–H groups in total. The molecule has 0 heterocycles. The van der Waals surface area contributed by atoms with Crippen molar-refractivity contribution in [1.29, 1.82) is 0 Å². The number of methoxy groups -OCH3 is 1. The van der Waals surface area contributed by atoms with Crippen LogP contribution in [0.15, 0.2) is 71.6 Å². The Hall–Kier alpha value is -3.32. The number of nitrogens with zero attached hydrogens (tertiary/aromatic N) is 1. The Bertz CT molecular complexity index is 1280. The van der Waals surface area contributed by atoms with Crippen LogP contribution in [0.2, 0.25) is 0 Å². The zero-order chi connectivity index (χ0) is 26.5. The molecule has 6 nitrogen and oxygen atoms in total. The van der Waals surface area contributed by atoms with Crippen LogP contribution in [0.1, 0.15) is 48.6 Å². The van der Waals surface area contributed by atoms with Crippen LogP contribution in [0.25, 0.3) is 0 Å². The molecule has 1 amide bonds. The minimum absolute atomic E-state index is 0.146. The number of carbonyl (C=O) groups is 1. The van der Waals surface area contributed by atoms with Crippen molar-refractivity contribution in [2.75, 3.05) is 18.0 Å². The van der Waals surface area contributed by atoms with E-state index in [1.807, 2.05) is 57.2 Å². The average Bonchev–Trinajstić information content (AvgIpc) is 2.84. The monoisotopic (exact) mass is 508 g/mol. The summed E-state index contributed by atoms with van der Waals surface area (Å²) in [6.07, 6.45) is 0.715. The maximum absolute atomic E-state index is 13.7. The van der Waals surface area contributed by atoms with Crippen LogP contribution in [-0.4, -0.2) is 28.0 Å². The summed E-state index contributed by atoms with van der Waals surface area (Å²) in [4.78, 5) is 13.5. The highest BCUT2D eigenvalue weighted by Crippen LogP contribution is 2.27. The second-order valence-electron chi connectivity index (χ2n) is 9.62. The van der Waals surface area contributed by atoms with E-state index in [0.29, 0.717) is 18.0 Å². The van der Waals surface area contributed by atoms with Gasteiger partial charge in [0.25, 0.3) is 10.0 Å². The first-order valence-electron chi connectivity index (χ1n) is 12.1. The molecular formula is C29H36N2O4S. The molecule has 1 atom stereocenters. The van der Waals surface area contributed by atoms with Gasteiger partial charge in [-0.15, -0.1) is 0 Å². The minimum Gasteiger partial charge on any atom is -0.497 e. The summed E-state index contributed by atoms with van der Waals surface area (Å²) in [6.45, 7) is 9.65. The largest absolute Gasteiger partial charge is 0.497 e. The lowest BCUT2D eigenvalue weighted by Gasteiger charge is -2.27. The third-order valence-corrected chi connectivity index (χ3v) is 8.02.